The van der Waals surface area contributed by atoms with Crippen LogP contribution in [0.15, 0.2) is 22.7 Å². The zero-order valence-corrected chi connectivity index (χ0v) is 13.7. The van der Waals surface area contributed by atoms with Gasteiger partial charge in [0.25, 0.3) is 0 Å². The molecule has 0 saturated heterocycles. The number of anilines is 1. The molecular weight excluding hydrogens is 288 g/mol. The van der Waals surface area contributed by atoms with Crippen LogP contribution in [0.25, 0.3) is 0 Å². The minimum absolute atomic E-state index is 0.402. The van der Waals surface area contributed by atoms with Crippen molar-refractivity contribution in [2.24, 2.45) is 0 Å². The van der Waals surface area contributed by atoms with Gasteiger partial charge in [-0.25, -0.2) is 0 Å². The maximum Gasteiger partial charge on any atom is 0.0510 e. The molecule has 2 nitrogen and oxygen atoms in total. The quantitative estimate of drug-likeness (QED) is 0.840. The van der Waals surface area contributed by atoms with E-state index < -0.39 is 0 Å². The smallest absolute Gasteiger partial charge is 0.0510 e. The van der Waals surface area contributed by atoms with Crippen LogP contribution in [0.5, 0.6) is 0 Å². The van der Waals surface area contributed by atoms with Crippen molar-refractivity contribution >= 4 is 21.6 Å². The number of hydrogen-bond donors (Lipinski definition) is 1. The van der Waals surface area contributed by atoms with Crippen LogP contribution in [0.4, 0.5) is 5.69 Å². The van der Waals surface area contributed by atoms with Crippen molar-refractivity contribution in [2.45, 2.75) is 46.2 Å². The highest BCUT2D eigenvalue weighted by molar-refractivity contribution is 9.10. The Balaban J connectivity index is 2.85. The standard InChI is InChI=1S/C15H25BrN2/c1-6-9-17-12(4)13-7-8-15(14(16)10-13)18(5)11(2)3/h7-8,10-12,17H,6,9H2,1-5H3. The van der Waals surface area contributed by atoms with Crippen molar-refractivity contribution in [1.29, 1.82) is 0 Å². The first-order valence-corrected chi connectivity index (χ1v) is 7.52. The van der Waals surface area contributed by atoms with Crippen LogP contribution < -0.4 is 10.2 Å². The second kappa shape index (κ2) is 7.15. The molecule has 0 aromatic heterocycles. The number of halogens is 1. The fourth-order valence-corrected chi connectivity index (χ4v) is 2.51. The van der Waals surface area contributed by atoms with Gasteiger partial charge >= 0.3 is 0 Å². The predicted octanol–water partition coefficient (Wildman–Crippen LogP) is 4.35. The molecule has 0 aliphatic carbocycles. The molecule has 0 heterocycles. The third-order valence-corrected chi connectivity index (χ3v) is 3.96. The molecule has 1 N–H and O–H groups in total. The van der Waals surface area contributed by atoms with Gasteiger partial charge in [-0.3, -0.25) is 0 Å². The summed E-state index contributed by atoms with van der Waals surface area (Å²) in [5, 5.41) is 3.51. The molecule has 0 spiro atoms. The summed E-state index contributed by atoms with van der Waals surface area (Å²) < 4.78 is 1.17. The van der Waals surface area contributed by atoms with Crippen molar-refractivity contribution < 1.29 is 0 Å². The van der Waals surface area contributed by atoms with Crippen LogP contribution in [0.1, 0.15) is 45.7 Å². The fraction of sp³-hybridized carbons (Fsp3) is 0.600. The molecule has 0 amide bonds. The van der Waals surface area contributed by atoms with E-state index in [0.29, 0.717) is 12.1 Å². The van der Waals surface area contributed by atoms with Crippen LogP contribution in [-0.2, 0) is 0 Å². The van der Waals surface area contributed by atoms with E-state index in [1.165, 1.54) is 22.1 Å². The van der Waals surface area contributed by atoms with Gasteiger partial charge in [-0.1, -0.05) is 13.0 Å². The zero-order chi connectivity index (χ0) is 13.7. The molecule has 1 aromatic rings. The Kier molecular flexibility index (Phi) is 6.16. The highest BCUT2D eigenvalue weighted by atomic mass is 79.9. The summed E-state index contributed by atoms with van der Waals surface area (Å²) in [7, 11) is 2.13. The zero-order valence-electron chi connectivity index (χ0n) is 12.1. The SMILES string of the molecule is CCCNC(C)c1ccc(N(C)C(C)C)c(Br)c1. The topological polar surface area (TPSA) is 15.3 Å². The molecule has 1 atom stereocenters. The van der Waals surface area contributed by atoms with Gasteiger partial charge in [-0.05, 0) is 67.4 Å². The number of nitrogens with zero attached hydrogens (tertiary/aromatic N) is 1. The molecule has 1 aromatic carbocycles. The third kappa shape index (κ3) is 3.99. The molecule has 0 bridgehead atoms. The molecule has 0 saturated carbocycles. The van der Waals surface area contributed by atoms with Crippen LogP contribution in [0.2, 0.25) is 0 Å². The molecule has 0 aliphatic rings. The van der Waals surface area contributed by atoms with Crippen molar-refractivity contribution in [3.8, 4) is 0 Å². The first kappa shape index (κ1) is 15.5. The summed E-state index contributed by atoms with van der Waals surface area (Å²) in [6.07, 6.45) is 1.17. The lowest BCUT2D eigenvalue weighted by Gasteiger charge is -2.26. The van der Waals surface area contributed by atoms with E-state index in [9.17, 15) is 0 Å². The lowest BCUT2D eigenvalue weighted by atomic mass is 10.1. The van der Waals surface area contributed by atoms with E-state index in [2.05, 4.69) is 79.1 Å². The Morgan fingerprint density at radius 1 is 1.28 bits per heavy atom. The van der Waals surface area contributed by atoms with Gasteiger partial charge < -0.3 is 10.2 Å². The Morgan fingerprint density at radius 2 is 1.94 bits per heavy atom. The summed E-state index contributed by atoms with van der Waals surface area (Å²) in [6.45, 7) is 9.86. The molecule has 18 heavy (non-hydrogen) atoms. The van der Waals surface area contributed by atoms with Crippen molar-refractivity contribution in [3.05, 3.63) is 28.2 Å². The molecule has 0 radical (unpaired) electrons. The summed E-state index contributed by atoms with van der Waals surface area (Å²) in [5.74, 6) is 0. The molecule has 0 fully saturated rings. The van der Waals surface area contributed by atoms with Gasteiger partial charge in [0.05, 0.1) is 5.69 Å². The van der Waals surface area contributed by atoms with Crippen LogP contribution in [0, 0.1) is 0 Å². The average Bonchev–Trinajstić information content (AvgIpc) is 2.34. The lowest BCUT2D eigenvalue weighted by molar-refractivity contribution is 0.570. The fourth-order valence-electron chi connectivity index (χ4n) is 1.84. The average molecular weight is 313 g/mol. The van der Waals surface area contributed by atoms with E-state index in [1.807, 2.05) is 0 Å². The lowest BCUT2D eigenvalue weighted by Crippen LogP contribution is -2.26. The van der Waals surface area contributed by atoms with Gasteiger partial charge in [0.1, 0.15) is 0 Å². The monoisotopic (exact) mass is 312 g/mol. The molecule has 102 valence electrons. The first-order valence-electron chi connectivity index (χ1n) is 6.73. The van der Waals surface area contributed by atoms with Crippen LogP contribution in [0.3, 0.4) is 0 Å². The molecule has 3 heteroatoms. The second-order valence-corrected chi connectivity index (χ2v) is 5.95. The molecule has 1 unspecified atom stereocenters. The Hall–Kier alpha value is -0.540. The van der Waals surface area contributed by atoms with E-state index in [0.717, 1.165) is 6.54 Å². The van der Waals surface area contributed by atoms with Crippen molar-refractivity contribution in [2.75, 3.05) is 18.5 Å². The molecular formula is C15H25BrN2. The van der Waals surface area contributed by atoms with E-state index in [-0.39, 0.29) is 0 Å². The molecule has 1 rings (SSSR count). The van der Waals surface area contributed by atoms with E-state index in [1.54, 1.807) is 0 Å². The number of rotatable bonds is 6. The predicted molar refractivity (Wildman–Crippen MR) is 84.4 cm³/mol. The van der Waals surface area contributed by atoms with E-state index in [4.69, 9.17) is 0 Å². The Labute approximate surface area is 120 Å². The maximum atomic E-state index is 3.68. The molecule has 0 aliphatic heterocycles. The van der Waals surface area contributed by atoms with Crippen molar-refractivity contribution in [3.63, 3.8) is 0 Å². The third-order valence-electron chi connectivity index (χ3n) is 3.33. The van der Waals surface area contributed by atoms with Crippen molar-refractivity contribution in [1.82, 2.24) is 5.32 Å². The maximum absolute atomic E-state index is 3.68. The van der Waals surface area contributed by atoms with Crippen LogP contribution in [-0.4, -0.2) is 19.6 Å². The van der Waals surface area contributed by atoms with Gasteiger partial charge in [-0.2, -0.15) is 0 Å². The summed E-state index contributed by atoms with van der Waals surface area (Å²) in [6, 6.07) is 7.54. The largest absolute Gasteiger partial charge is 0.371 e. The first-order chi connectivity index (χ1) is 8.47. The van der Waals surface area contributed by atoms with Gasteiger partial charge in [0.15, 0.2) is 0 Å². The van der Waals surface area contributed by atoms with Gasteiger partial charge in [0.2, 0.25) is 0 Å². The number of hydrogen-bond acceptors (Lipinski definition) is 2. The van der Waals surface area contributed by atoms with Crippen LogP contribution >= 0.6 is 15.9 Å². The highest BCUT2D eigenvalue weighted by Crippen LogP contribution is 2.29. The van der Waals surface area contributed by atoms with Gasteiger partial charge in [0, 0.05) is 23.6 Å². The van der Waals surface area contributed by atoms with E-state index >= 15 is 0 Å². The Bertz CT molecular complexity index is 377. The number of nitrogens with one attached hydrogen (secondary N) is 1. The summed E-state index contributed by atoms with van der Waals surface area (Å²) in [5.41, 5.74) is 2.58. The highest BCUT2D eigenvalue weighted by Gasteiger charge is 2.11. The van der Waals surface area contributed by atoms with Gasteiger partial charge in [-0.15, -0.1) is 0 Å². The second-order valence-electron chi connectivity index (χ2n) is 5.09. The normalized spacial score (nSPS) is 12.8. The number of benzene rings is 1. The summed E-state index contributed by atoms with van der Waals surface area (Å²) >= 11 is 3.68. The summed E-state index contributed by atoms with van der Waals surface area (Å²) in [4.78, 5) is 2.28. The minimum atomic E-state index is 0.402. The Morgan fingerprint density at radius 3 is 2.44 bits per heavy atom. The minimum Gasteiger partial charge on any atom is -0.371 e.